The van der Waals surface area contributed by atoms with E-state index in [1.807, 2.05) is 24.3 Å². The maximum Gasteiger partial charge on any atom is 0.224 e. The lowest BCUT2D eigenvalue weighted by Gasteiger charge is -2.12. The van der Waals surface area contributed by atoms with Crippen molar-refractivity contribution in [3.05, 3.63) is 40.8 Å². The highest BCUT2D eigenvalue weighted by Crippen LogP contribution is 2.23. The number of anilines is 2. The standard InChI is InChI=1S/C13H15ClN4O/c1-8-11(15)12(18-13(14)17-8)16-7-9-5-3-4-6-10(9)19-2/h3-6H,7,15H2,1-2H3,(H,16,17,18). The first-order chi connectivity index (χ1) is 9.11. The number of benzene rings is 1. The Labute approximate surface area is 116 Å². The molecule has 0 aliphatic heterocycles. The van der Waals surface area contributed by atoms with Gasteiger partial charge in [0.2, 0.25) is 5.28 Å². The van der Waals surface area contributed by atoms with Crippen LogP contribution in [0, 0.1) is 6.92 Å². The molecule has 0 saturated heterocycles. The van der Waals surface area contributed by atoms with Gasteiger partial charge in [0.15, 0.2) is 5.82 Å². The molecule has 2 aromatic rings. The van der Waals surface area contributed by atoms with Crippen molar-refractivity contribution in [3.63, 3.8) is 0 Å². The summed E-state index contributed by atoms with van der Waals surface area (Å²) in [5, 5.41) is 3.32. The summed E-state index contributed by atoms with van der Waals surface area (Å²) in [5.41, 5.74) is 8.07. The zero-order valence-corrected chi connectivity index (χ0v) is 11.5. The van der Waals surface area contributed by atoms with Crippen molar-refractivity contribution in [2.45, 2.75) is 13.5 Å². The van der Waals surface area contributed by atoms with Crippen LogP contribution in [-0.4, -0.2) is 17.1 Å². The van der Waals surface area contributed by atoms with Gasteiger partial charge in [0, 0.05) is 12.1 Å². The predicted molar refractivity (Wildman–Crippen MR) is 76.5 cm³/mol. The first-order valence-electron chi connectivity index (χ1n) is 5.77. The van der Waals surface area contributed by atoms with Crippen molar-refractivity contribution in [3.8, 4) is 5.75 Å². The average Bonchev–Trinajstić information content (AvgIpc) is 2.41. The topological polar surface area (TPSA) is 73.1 Å². The molecule has 19 heavy (non-hydrogen) atoms. The Morgan fingerprint density at radius 1 is 1.32 bits per heavy atom. The quantitative estimate of drug-likeness (QED) is 0.841. The highest BCUT2D eigenvalue weighted by atomic mass is 35.5. The molecule has 2 rings (SSSR count). The molecular formula is C13H15ClN4O. The number of para-hydroxylation sites is 1. The molecule has 1 aromatic carbocycles. The summed E-state index contributed by atoms with van der Waals surface area (Å²) in [6.45, 7) is 2.33. The Bertz CT molecular complexity index is 589. The van der Waals surface area contributed by atoms with Crippen LogP contribution in [0.5, 0.6) is 5.75 Å². The van der Waals surface area contributed by atoms with Gasteiger partial charge in [-0.05, 0) is 24.6 Å². The number of nitrogens with two attached hydrogens (primary N) is 1. The number of hydrogen-bond acceptors (Lipinski definition) is 5. The molecule has 5 nitrogen and oxygen atoms in total. The van der Waals surface area contributed by atoms with Crippen LogP contribution in [0.2, 0.25) is 5.28 Å². The number of hydrogen-bond donors (Lipinski definition) is 2. The Morgan fingerprint density at radius 2 is 2.05 bits per heavy atom. The zero-order chi connectivity index (χ0) is 13.8. The molecule has 0 amide bonds. The molecule has 1 heterocycles. The monoisotopic (exact) mass is 278 g/mol. The summed E-state index contributed by atoms with van der Waals surface area (Å²) in [5.74, 6) is 1.34. The van der Waals surface area contributed by atoms with Crippen LogP contribution in [0.4, 0.5) is 11.5 Å². The van der Waals surface area contributed by atoms with E-state index in [1.165, 1.54) is 0 Å². The minimum atomic E-state index is 0.175. The largest absolute Gasteiger partial charge is 0.496 e. The molecular weight excluding hydrogens is 264 g/mol. The van der Waals surface area contributed by atoms with E-state index in [2.05, 4.69) is 15.3 Å². The van der Waals surface area contributed by atoms with E-state index >= 15 is 0 Å². The molecule has 0 spiro atoms. The molecule has 0 fully saturated rings. The first-order valence-corrected chi connectivity index (χ1v) is 6.15. The van der Waals surface area contributed by atoms with Crippen molar-refractivity contribution >= 4 is 23.1 Å². The van der Waals surface area contributed by atoms with Gasteiger partial charge in [-0.25, -0.2) is 4.98 Å². The maximum atomic E-state index is 5.91. The molecule has 0 aliphatic rings. The van der Waals surface area contributed by atoms with E-state index in [4.69, 9.17) is 22.1 Å². The lowest BCUT2D eigenvalue weighted by atomic mass is 10.2. The predicted octanol–water partition coefficient (Wildman–Crippen LogP) is 2.64. The van der Waals surface area contributed by atoms with E-state index in [0.29, 0.717) is 23.7 Å². The lowest BCUT2D eigenvalue weighted by Crippen LogP contribution is -2.08. The number of aromatic nitrogens is 2. The van der Waals surface area contributed by atoms with E-state index in [-0.39, 0.29) is 5.28 Å². The molecule has 0 bridgehead atoms. The highest BCUT2D eigenvalue weighted by Gasteiger charge is 2.08. The molecule has 0 radical (unpaired) electrons. The number of nitrogens with one attached hydrogen (secondary N) is 1. The van der Waals surface area contributed by atoms with Crippen LogP contribution in [0.1, 0.15) is 11.3 Å². The van der Waals surface area contributed by atoms with Gasteiger partial charge in [0.25, 0.3) is 0 Å². The second-order valence-electron chi connectivity index (χ2n) is 4.01. The van der Waals surface area contributed by atoms with Gasteiger partial charge >= 0.3 is 0 Å². The van der Waals surface area contributed by atoms with Crippen LogP contribution >= 0.6 is 11.6 Å². The molecule has 100 valence electrons. The Morgan fingerprint density at radius 3 is 2.79 bits per heavy atom. The van der Waals surface area contributed by atoms with Crippen molar-refractivity contribution in [2.24, 2.45) is 0 Å². The van der Waals surface area contributed by atoms with Crippen LogP contribution in [0.3, 0.4) is 0 Å². The van der Waals surface area contributed by atoms with E-state index in [1.54, 1.807) is 14.0 Å². The SMILES string of the molecule is COc1ccccc1CNc1nc(Cl)nc(C)c1N. The minimum Gasteiger partial charge on any atom is -0.496 e. The van der Waals surface area contributed by atoms with Crippen LogP contribution in [0.15, 0.2) is 24.3 Å². The molecule has 3 N–H and O–H groups in total. The van der Waals surface area contributed by atoms with Gasteiger partial charge in [-0.15, -0.1) is 0 Å². The maximum absolute atomic E-state index is 5.91. The van der Waals surface area contributed by atoms with Crippen LogP contribution in [0.25, 0.3) is 0 Å². The van der Waals surface area contributed by atoms with Gasteiger partial charge in [-0.2, -0.15) is 4.98 Å². The third-order valence-corrected chi connectivity index (χ3v) is 2.92. The number of halogens is 1. The van der Waals surface area contributed by atoms with Gasteiger partial charge in [0.1, 0.15) is 5.75 Å². The Kier molecular flexibility index (Phi) is 4.06. The van der Waals surface area contributed by atoms with Gasteiger partial charge in [0.05, 0.1) is 18.5 Å². The summed E-state index contributed by atoms with van der Waals surface area (Å²) in [7, 11) is 1.64. The zero-order valence-electron chi connectivity index (χ0n) is 10.8. The Balaban J connectivity index is 2.19. The number of methoxy groups -OCH3 is 1. The molecule has 1 aromatic heterocycles. The van der Waals surface area contributed by atoms with Crippen molar-refractivity contribution in [1.82, 2.24) is 9.97 Å². The van der Waals surface area contributed by atoms with Crippen molar-refractivity contribution in [1.29, 1.82) is 0 Å². The molecule has 0 atom stereocenters. The number of ether oxygens (including phenoxy) is 1. The first kappa shape index (κ1) is 13.4. The average molecular weight is 279 g/mol. The van der Waals surface area contributed by atoms with Crippen molar-refractivity contribution in [2.75, 3.05) is 18.2 Å². The van der Waals surface area contributed by atoms with E-state index in [9.17, 15) is 0 Å². The normalized spacial score (nSPS) is 10.3. The smallest absolute Gasteiger partial charge is 0.224 e. The summed E-state index contributed by atoms with van der Waals surface area (Å²) >= 11 is 5.82. The summed E-state index contributed by atoms with van der Waals surface area (Å²) in [4.78, 5) is 8.07. The molecule has 0 unspecified atom stereocenters. The van der Waals surface area contributed by atoms with Gasteiger partial charge in [-0.3, -0.25) is 0 Å². The second kappa shape index (κ2) is 5.75. The van der Waals surface area contributed by atoms with Gasteiger partial charge in [-0.1, -0.05) is 18.2 Å². The van der Waals surface area contributed by atoms with Crippen LogP contribution in [-0.2, 0) is 6.54 Å². The van der Waals surface area contributed by atoms with E-state index < -0.39 is 0 Å². The van der Waals surface area contributed by atoms with Crippen LogP contribution < -0.4 is 15.8 Å². The molecule has 0 saturated carbocycles. The second-order valence-corrected chi connectivity index (χ2v) is 4.34. The summed E-state index contributed by atoms with van der Waals surface area (Å²) < 4.78 is 5.28. The number of nitrogens with zero attached hydrogens (tertiary/aromatic N) is 2. The summed E-state index contributed by atoms with van der Waals surface area (Å²) in [6, 6.07) is 7.74. The lowest BCUT2D eigenvalue weighted by molar-refractivity contribution is 0.410. The Hall–Kier alpha value is -2.01. The number of nitrogen functional groups attached to an aromatic ring is 1. The fraction of sp³-hybridized carbons (Fsp3) is 0.231. The number of rotatable bonds is 4. The van der Waals surface area contributed by atoms with Crippen molar-refractivity contribution < 1.29 is 4.74 Å². The third-order valence-electron chi connectivity index (χ3n) is 2.75. The molecule has 0 aliphatic carbocycles. The third kappa shape index (κ3) is 3.06. The minimum absolute atomic E-state index is 0.175. The van der Waals surface area contributed by atoms with Gasteiger partial charge < -0.3 is 15.8 Å². The summed E-state index contributed by atoms with van der Waals surface area (Å²) in [6.07, 6.45) is 0. The number of aryl methyl sites for hydroxylation is 1. The molecule has 6 heteroatoms. The fourth-order valence-electron chi connectivity index (χ4n) is 1.71. The van der Waals surface area contributed by atoms with E-state index in [0.717, 1.165) is 11.3 Å². The highest BCUT2D eigenvalue weighted by molar-refractivity contribution is 6.28. The fourth-order valence-corrected chi connectivity index (χ4v) is 1.92.